The summed E-state index contributed by atoms with van der Waals surface area (Å²) >= 11 is 0. The zero-order chi connectivity index (χ0) is 14.7. The van der Waals surface area contributed by atoms with Crippen LogP contribution in [0, 0.1) is 6.92 Å². The summed E-state index contributed by atoms with van der Waals surface area (Å²) in [5, 5.41) is 3.53. The van der Waals surface area contributed by atoms with Crippen LogP contribution in [0.2, 0.25) is 0 Å². The number of aromatic nitrogens is 1. The fraction of sp³-hybridized carbons (Fsp3) is 0.389. The minimum absolute atomic E-state index is 0.512. The molecule has 0 fully saturated rings. The van der Waals surface area contributed by atoms with Gasteiger partial charge in [0.15, 0.2) is 0 Å². The van der Waals surface area contributed by atoms with Gasteiger partial charge < -0.3 is 10.1 Å². The second-order valence-corrected chi connectivity index (χ2v) is 5.57. The van der Waals surface area contributed by atoms with Crippen LogP contribution in [0.5, 0.6) is 5.75 Å². The first kappa shape index (κ1) is 14.1. The van der Waals surface area contributed by atoms with E-state index in [1.807, 2.05) is 25.1 Å². The van der Waals surface area contributed by atoms with Crippen molar-refractivity contribution in [3.05, 3.63) is 58.9 Å². The van der Waals surface area contributed by atoms with Gasteiger partial charge in [0.2, 0.25) is 0 Å². The third-order valence-corrected chi connectivity index (χ3v) is 3.98. The van der Waals surface area contributed by atoms with Crippen molar-refractivity contribution in [2.45, 2.75) is 39.3 Å². The van der Waals surface area contributed by atoms with E-state index >= 15 is 0 Å². The molecule has 1 aromatic heterocycles. The fourth-order valence-corrected chi connectivity index (χ4v) is 2.98. The summed E-state index contributed by atoms with van der Waals surface area (Å²) in [6.45, 7) is 5.70. The number of nitrogens with zero attached hydrogens (tertiary/aromatic N) is 1. The molecular formula is C18H22N2O. The highest BCUT2D eigenvalue weighted by Gasteiger charge is 2.21. The van der Waals surface area contributed by atoms with Gasteiger partial charge >= 0.3 is 0 Å². The lowest BCUT2D eigenvalue weighted by Gasteiger charge is -2.13. The van der Waals surface area contributed by atoms with Gasteiger partial charge in [-0.2, -0.15) is 0 Å². The van der Waals surface area contributed by atoms with Crippen molar-refractivity contribution in [3.8, 4) is 5.75 Å². The normalized spacial score (nSPS) is 16.8. The number of rotatable bonds is 5. The van der Waals surface area contributed by atoms with E-state index in [1.165, 1.54) is 17.5 Å². The van der Waals surface area contributed by atoms with E-state index in [-0.39, 0.29) is 0 Å². The molecule has 1 heterocycles. The van der Waals surface area contributed by atoms with Gasteiger partial charge in [0.1, 0.15) is 12.4 Å². The van der Waals surface area contributed by atoms with Gasteiger partial charge in [-0.25, -0.2) is 0 Å². The molecule has 0 amide bonds. The molecule has 3 nitrogen and oxygen atoms in total. The Hall–Kier alpha value is -1.87. The van der Waals surface area contributed by atoms with Crippen molar-refractivity contribution in [3.63, 3.8) is 0 Å². The minimum Gasteiger partial charge on any atom is -0.487 e. The molecule has 110 valence electrons. The zero-order valence-electron chi connectivity index (χ0n) is 12.7. The predicted octanol–water partition coefficient (Wildman–Crippen LogP) is 3.57. The van der Waals surface area contributed by atoms with Gasteiger partial charge in [0, 0.05) is 11.7 Å². The molecule has 0 saturated heterocycles. The number of ether oxygens (including phenoxy) is 1. The second-order valence-electron chi connectivity index (χ2n) is 5.57. The highest BCUT2D eigenvalue weighted by molar-refractivity contribution is 5.40. The highest BCUT2D eigenvalue weighted by atomic mass is 16.5. The molecule has 2 aromatic rings. The number of nitrogens with one attached hydrogen (secondary N) is 1. The Kier molecular flexibility index (Phi) is 4.20. The SMILES string of the molecule is CCNC1CCc2cc(OCc3cccc(C)n3)ccc21. The Morgan fingerprint density at radius 2 is 2.19 bits per heavy atom. The van der Waals surface area contributed by atoms with E-state index < -0.39 is 0 Å². The second kappa shape index (κ2) is 6.27. The molecule has 1 aromatic carbocycles. The van der Waals surface area contributed by atoms with Crippen LogP contribution in [0.4, 0.5) is 0 Å². The van der Waals surface area contributed by atoms with E-state index in [2.05, 4.69) is 35.4 Å². The quantitative estimate of drug-likeness (QED) is 0.910. The van der Waals surface area contributed by atoms with Crippen LogP contribution in [0.15, 0.2) is 36.4 Å². The van der Waals surface area contributed by atoms with Crippen LogP contribution in [-0.2, 0) is 13.0 Å². The maximum atomic E-state index is 5.88. The number of pyridine rings is 1. The average Bonchev–Trinajstić information content (AvgIpc) is 2.88. The third-order valence-electron chi connectivity index (χ3n) is 3.98. The molecule has 0 saturated carbocycles. The summed E-state index contributed by atoms with van der Waals surface area (Å²) in [5.74, 6) is 0.939. The Morgan fingerprint density at radius 3 is 3.00 bits per heavy atom. The third kappa shape index (κ3) is 3.24. The highest BCUT2D eigenvalue weighted by Crippen LogP contribution is 2.33. The predicted molar refractivity (Wildman–Crippen MR) is 84.5 cm³/mol. The zero-order valence-corrected chi connectivity index (χ0v) is 12.7. The summed E-state index contributed by atoms with van der Waals surface area (Å²) in [7, 11) is 0. The molecule has 1 atom stereocenters. The van der Waals surface area contributed by atoms with Gasteiger partial charge in [-0.05, 0) is 61.7 Å². The first-order valence-corrected chi connectivity index (χ1v) is 7.68. The number of hydrogen-bond acceptors (Lipinski definition) is 3. The summed E-state index contributed by atoms with van der Waals surface area (Å²) in [5.41, 5.74) is 4.84. The molecule has 0 spiro atoms. The molecule has 1 unspecified atom stereocenters. The lowest BCUT2D eigenvalue weighted by Crippen LogP contribution is -2.18. The van der Waals surface area contributed by atoms with Gasteiger partial charge in [0.05, 0.1) is 5.69 Å². The molecule has 21 heavy (non-hydrogen) atoms. The van der Waals surface area contributed by atoms with E-state index in [9.17, 15) is 0 Å². The van der Waals surface area contributed by atoms with E-state index in [4.69, 9.17) is 4.74 Å². The van der Waals surface area contributed by atoms with Gasteiger partial charge in [0.25, 0.3) is 0 Å². The van der Waals surface area contributed by atoms with Gasteiger partial charge in [-0.1, -0.05) is 19.1 Å². The fourth-order valence-electron chi connectivity index (χ4n) is 2.98. The van der Waals surface area contributed by atoms with Crippen LogP contribution in [-0.4, -0.2) is 11.5 Å². The topological polar surface area (TPSA) is 34.1 Å². The molecule has 1 aliphatic rings. The molecule has 1 N–H and O–H groups in total. The summed E-state index contributed by atoms with van der Waals surface area (Å²) in [6, 6.07) is 13.0. The number of aryl methyl sites for hydroxylation is 2. The standard InChI is InChI=1S/C18H22N2O/c1-3-19-18-10-7-14-11-16(8-9-17(14)18)21-12-15-6-4-5-13(2)20-15/h4-6,8-9,11,18-19H,3,7,10,12H2,1-2H3. The van der Waals surface area contributed by atoms with E-state index in [0.717, 1.165) is 30.1 Å². The van der Waals surface area contributed by atoms with Crippen molar-refractivity contribution < 1.29 is 4.74 Å². The number of hydrogen-bond donors (Lipinski definition) is 1. The monoisotopic (exact) mass is 282 g/mol. The summed E-state index contributed by atoms with van der Waals surface area (Å²) < 4.78 is 5.88. The van der Waals surface area contributed by atoms with Crippen LogP contribution in [0.25, 0.3) is 0 Å². The Bertz CT molecular complexity index is 624. The smallest absolute Gasteiger partial charge is 0.130 e. The van der Waals surface area contributed by atoms with Crippen LogP contribution in [0.1, 0.15) is 41.9 Å². The number of fused-ring (bicyclic) bond motifs is 1. The van der Waals surface area contributed by atoms with E-state index in [1.54, 1.807) is 0 Å². The van der Waals surface area contributed by atoms with E-state index in [0.29, 0.717) is 12.6 Å². The van der Waals surface area contributed by atoms with Crippen molar-refractivity contribution in [1.82, 2.24) is 10.3 Å². The molecule has 0 bridgehead atoms. The van der Waals surface area contributed by atoms with Gasteiger partial charge in [-0.3, -0.25) is 4.98 Å². The molecule has 3 heteroatoms. The lowest BCUT2D eigenvalue weighted by molar-refractivity contribution is 0.301. The van der Waals surface area contributed by atoms with Crippen molar-refractivity contribution in [1.29, 1.82) is 0 Å². The average molecular weight is 282 g/mol. The Labute approximate surface area is 126 Å². The molecule has 3 rings (SSSR count). The maximum Gasteiger partial charge on any atom is 0.130 e. The minimum atomic E-state index is 0.512. The maximum absolute atomic E-state index is 5.88. The Morgan fingerprint density at radius 1 is 1.29 bits per heavy atom. The van der Waals surface area contributed by atoms with Crippen LogP contribution < -0.4 is 10.1 Å². The molecule has 0 aliphatic heterocycles. The Balaban J connectivity index is 1.68. The first-order valence-electron chi connectivity index (χ1n) is 7.68. The van der Waals surface area contributed by atoms with Crippen LogP contribution in [0.3, 0.4) is 0 Å². The molecular weight excluding hydrogens is 260 g/mol. The van der Waals surface area contributed by atoms with Crippen molar-refractivity contribution in [2.24, 2.45) is 0 Å². The largest absolute Gasteiger partial charge is 0.487 e. The van der Waals surface area contributed by atoms with Crippen molar-refractivity contribution in [2.75, 3.05) is 6.54 Å². The molecule has 1 aliphatic carbocycles. The number of benzene rings is 1. The summed E-state index contributed by atoms with van der Waals surface area (Å²) in [4.78, 5) is 4.46. The first-order chi connectivity index (χ1) is 10.3. The summed E-state index contributed by atoms with van der Waals surface area (Å²) in [6.07, 6.45) is 2.32. The van der Waals surface area contributed by atoms with Crippen LogP contribution >= 0.6 is 0 Å². The van der Waals surface area contributed by atoms with Crippen molar-refractivity contribution >= 4 is 0 Å². The van der Waals surface area contributed by atoms with Gasteiger partial charge in [-0.15, -0.1) is 0 Å². The lowest BCUT2D eigenvalue weighted by atomic mass is 10.1. The molecule has 0 radical (unpaired) electrons.